The highest BCUT2D eigenvalue weighted by Crippen LogP contribution is 2.35. The zero-order valence-corrected chi connectivity index (χ0v) is 13.3. The molecule has 1 aromatic carbocycles. The van der Waals surface area contributed by atoms with Gasteiger partial charge in [0.1, 0.15) is 6.04 Å². The molecular formula is C17H25N3O2. The minimum atomic E-state index is -0.502. The van der Waals surface area contributed by atoms with Crippen LogP contribution in [-0.4, -0.2) is 29.8 Å². The van der Waals surface area contributed by atoms with E-state index >= 15 is 0 Å². The number of nitrogens with two attached hydrogens (primary N) is 2. The Morgan fingerprint density at radius 3 is 2.59 bits per heavy atom. The molecule has 3 unspecified atom stereocenters. The third kappa shape index (κ3) is 2.99. The van der Waals surface area contributed by atoms with Crippen molar-refractivity contribution >= 4 is 17.4 Å². The summed E-state index contributed by atoms with van der Waals surface area (Å²) in [5.74, 6) is -0.400. The van der Waals surface area contributed by atoms with E-state index in [1.165, 1.54) is 0 Å². The average molecular weight is 303 g/mol. The minimum absolute atomic E-state index is 0.00713. The fraction of sp³-hybridized carbons (Fsp3) is 0.529. The lowest BCUT2D eigenvalue weighted by atomic mass is 9.97. The van der Waals surface area contributed by atoms with Crippen LogP contribution in [0.5, 0.6) is 0 Å². The number of rotatable bonds is 7. The van der Waals surface area contributed by atoms with E-state index in [1.54, 1.807) is 0 Å². The summed E-state index contributed by atoms with van der Waals surface area (Å²) in [6, 6.07) is 6.43. The third-order valence-electron chi connectivity index (χ3n) is 4.38. The molecule has 0 spiro atoms. The van der Waals surface area contributed by atoms with Crippen LogP contribution in [0.4, 0.5) is 5.69 Å². The molecule has 3 atom stereocenters. The maximum absolute atomic E-state index is 12.7. The number of carbonyl (C=O) groups excluding carboxylic acids is 2. The first-order valence-electron chi connectivity index (χ1n) is 7.96. The second kappa shape index (κ2) is 6.92. The van der Waals surface area contributed by atoms with Crippen molar-refractivity contribution < 1.29 is 9.59 Å². The molecule has 1 heterocycles. The Kier molecular flexibility index (Phi) is 5.19. The predicted molar refractivity (Wildman–Crippen MR) is 87.6 cm³/mol. The summed E-state index contributed by atoms with van der Waals surface area (Å²) in [4.78, 5) is 26.5. The maximum Gasteiger partial charge on any atom is 0.240 e. The van der Waals surface area contributed by atoms with E-state index in [2.05, 4.69) is 0 Å². The molecular weight excluding hydrogens is 278 g/mol. The SMILES string of the molecule is CCCC(C(=O)C(N)CC)N1c2ccccc2CC1C(N)=O. The summed E-state index contributed by atoms with van der Waals surface area (Å²) in [5.41, 5.74) is 13.5. The molecule has 5 heteroatoms. The van der Waals surface area contributed by atoms with Crippen LogP contribution in [0.1, 0.15) is 38.7 Å². The van der Waals surface area contributed by atoms with E-state index in [1.807, 2.05) is 43.0 Å². The average Bonchev–Trinajstić information content (AvgIpc) is 2.90. The summed E-state index contributed by atoms with van der Waals surface area (Å²) in [7, 11) is 0. The Morgan fingerprint density at radius 1 is 1.32 bits per heavy atom. The van der Waals surface area contributed by atoms with Gasteiger partial charge in [-0.1, -0.05) is 38.5 Å². The highest BCUT2D eigenvalue weighted by atomic mass is 16.2. The Bertz CT molecular complexity index is 559. The molecule has 0 fully saturated rings. The zero-order valence-electron chi connectivity index (χ0n) is 13.3. The maximum atomic E-state index is 12.7. The number of benzene rings is 1. The molecule has 1 aromatic rings. The van der Waals surface area contributed by atoms with Crippen LogP contribution in [0.2, 0.25) is 0 Å². The number of nitrogens with zero attached hydrogens (tertiary/aromatic N) is 1. The lowest BCUT2D eigenvalue weighted by Crippen LogP contribution is -2.54. The number of carbonyl (C=O) groups is 2. The molecule has 4 N–H and O–H groups in total. The van der Waals surface area contributed by atoms with E-state index in [0.717, 1.165) is 17.7 Å². The number of ketones is 1. The fourth-order valence-electron chi connectivity index (χ4n) is 3.17. The van der Waals surface area contributed by atoms with E-state index in [0.29, 0.717) is 19.3 Å². The van der Waals surface area contributed by atoms with Gasteiger partial charge in [-0.2, -0.15) is 0 Å². The van der Waals surface area contributed by atoms with Gasteiger partial charge in [-0.25, -0.2) is 0 Å². The van der Waals surface area contributed by atoms with Crippen molar-refractivity contribution in [1.29, 1.82) is 0 Å². The number of hydrogen-bond donors (Lipinski definition) is 2. The van der Waals surface area contributed by atoms with Gasteiger partial charge in [-0.15, -0.1) is 0 Å². The number of para-hydroxylation sites is 1. The van der Waals surface area contributed by atoms with Crippen LogP contribution >= 0.6 is 0 Å². The highest BCUT2D eigenvalue weighted by Gasteiger charge is 2.40. The Morgan fingerprint density at radius 2 is 2.00 bits per heavy atom. The standard InChI is InChI=1S/C17H25N3O2/c1-3-7-14(16(21)12(18)4-2)20-13-9-6-5-8-11(13)10-15(20)17(19)22/h5-6,8-9,12,14-15H,3-4,7,10,18H2,1-2H3,(H2,19,22). The van der Waals surface area contributed by atoms with Gasteiger partial charge in [0.15, 0.2) is 5.78 Å². The Labute approximate surface area is 131 Å². The van der Waals surface area contributed by atoms with E-state index in [9.17, 15) is 9.59 Å². The van der Waals surface area contributed by atoms with Crippen LogP contribution in [0.25, 0.3) is 0 Å². The van der Waals surface area contributed by atoms with Crippen LogP contribution in [-0.2, 0) is 16.0 Å². The van der Waals surface area contributed by atoms with Gasteiger partial charge in [-0.3, -0.25) is 9.59 Å². The molecule has 0 aromatic heterocycles. The summed E-state index contributed by atoms with van der Waals surface area (Å²) >= 11 is 0. The van der Waals surface area contributed by atoms with Crippen LogP contribution in [0, 0.1) is 0 Å². The number of fused-ring (bicyclic) bond motifs is 1. The van der Waals surface area contributed by atoms with Gasteiger partial charge in [0.25, 0.3) is 0 Å². The molecule has 22 heavy (non-hydrogen) atoms. The van der Waals surface area contributed by atoms with Crippen molar-refractivity contribution in [2.75, 3.05) is 4.90 Å². The molecule has 120 valence electrons. The van der Waals surface area contributed by atoms with Crippen molar-refractivity contribution in [3.05, 3.63) is 29.8 Å². The molecule has 0 radical (unpaired) electrons. The monoisotopic (exact) mass is 303 g/mol. The van der Waals surface area contributed by atoms with Crippen LogP contribution < -0.4 is 16.4 Å². The summed E-state index contributed by atoms with van der Waals surface area (Å²) in [6.45, 7) is 3.92. The number of primary amides is 1. The lowest BCUT2D eigenvalue weighted by Gasteiger charge is -2.34. The first-order chi connectivity index (χ1) is 10.5. The lowest BCUT2D eigenvalue weighted by molar-refractivity contribution is -0.122. The number of Topliss-reactive ketones (excluding diaryl/α,β-unsaturated/α-hetero) is 1. The van der Waals surface area contributed by atoms with Gasteiger partial charge < -0.3 is 16.4 Å². The van der Waals surface area contributed by atoms with E-state index in [-0.39, 0.29) is 11.8 Å². The smallest absolute Gasteiger partial charge is 0.240 e. The first kappa shape index (κ1) is 16.5. The second-order valence-corrected chi connectivity index (χ2v) is 5.88. The largest absolute Gasteiger partial charge is 0.368 e. The molecule has 0 saturated heterocycles. The quantitative estimate of drug-likeness (QED) is 0.796. The van der Waals surface area contributed by atoms with Crippen molar-refractivity contribution in [3.8, 4) is 0 Å². The van der Waals surface area contributed by atoms with E-state index in [4.69, 9.17) is 11.5 Å². The normalized spacial score (nSPS) is 19.6. The fourth-order valence-corrected chi connectivity index (χ4v) is 3.17. The number of amides is 1. The van der Waals surface area contributed by atoms with Crippen LogP contribution in [0.3, 0.4) is 0 Å². The van der Waals surface area contributed by atoms with Gasteiger partial charge >= 0.3 is 0 Å². The molecule has 0 bridgehead atoms. The summed E-state index contributed by atoms with van der Waals surface area (Å²) < 4.78 is 0. The van der Waals surface area contributed by atoms with Gasteiger partial charge in [-0.05, 0) is 24.5 Å². The molecule has 0 aliphatic carbocycles. The molecule has 2 rings (SSSR count). The Hall–Kier alpha value is -1.88. The molecule has 1 amide bonds. The van der Waals surface area contributed by atoms with Crippen molar-refractivity contribution in [3.63, 3.8) is 0 Å². The highest BCUT2D eigenvalue weighted by molar-refractivity contribution is 5.96. The zero-order chi connectivity index (χ0) is 16.3. The first-order valence-corrected chi connectivity index (χ1v) is 7.96. The van der Waals surface area contributed by atoms with E-state index < -0.39 is 18.0 Å². The van der Waals surface area contributed by atoms with Gasteiger partial charge in [0.05, 0.1) is 12.1 Å². The summed E-state index contributed by atoms with van der Waals surface area (Å²) in [5, 5.41) is 0. The van der Waals surface area contributed by atoms with Gasteiger partial charge in [0, 0.05) is 12.1 Å². The summed E-state index contributed by atoms with van der Waals surface area (Å²) in [6.07, 6.45) is 2.66. The molecule has 1 aliphatic rings. The number of anilines is 1. The molecule has 5 nitrogen and oxygen atoms in total. The van der Waals surface area contributed by atoms with Crippen molar-refractivity contribution in [1.82, 2.24) is 0 Å². The van der Waals surface area contributed by atoms with Crippen molar-refractivity contribution in [2.45, 2.75) is 57.7 Å². The minimum Gasteiger partial charge on any atom is -0.368 e. The predicted octanol–water partition coefficient (Wildman–Crippen LogP) is 1.38. The second-order valence-electron chi connectivity index (χ2n) is 5.88. The van der Waals surface area contributed by atoms with Crippen LogP contribution in [0.15, 0.2) is 24.3 Å². The van der Waals surface area contributed by atoms with Crippen molar-refractivity contribution in [2.24, 2.45) is 11.5 Å². The number of hydrogen-bond acceptors (Lipinski definition) is 4. The third-order valence-corrected chi connectivity index (χ3v) is 4.38. The Balaban J connectivity index is 2.42. The molecule has 0 saturated carbocycles. The van der Waals surface area contributed by atoms with Gasteiger partial charge in [0.2, 0.25) is 5.91 Å². The topological polar surface area (TPSA) is 89.4 Å². The molecule has 1 aliphatic heterocycles.